The van der Waals surface area contributed by atoms with Crippen LogP contribution in [-0.2, 0) is 9.59 Å². The third kappa shape index (κ3) is 8.12. The number of hydrogen-bond donors (Lipinski definition) is 2. The molecule has 88 valence electrons. The van der Waals surface area contributed by atoms with E-state index in [1.807, 2.05) is 14.0 Å². The highest BCUT2D eigenvalue weighted by molar-refractivity contribution is 5.85. The molecule has 1 unspecified atom stereocenters. The minimum Gasteiger partial charge on any atom is -0.349 e. The van der Waals surface area contributed by atoms with Crippen molar-refractivity contribution < 1.29 is 9.59 Å². The molecule has 0 fully saturated rings. The van der Waals surface area contributed by atoms with Gasteiger partial charge in [-0.3, -0.25) is 9.59 Å². The molecular weight excluding hydrogens is 192 g/mol. The van der Waals surface area contributed by atoms with E-state index in [4.69, 9.17) is 0 Å². The van der Waals surface area contributed by atoms with Gasteiger partial charge in [0, 0.05) is 5.92 Å². The normalized spacial score (nSPS) is 12.2. The molecule has 0 aromatic rings. The molecule has 0 aliphatic rings. The quantitative estimate of drug-likeness (QED) is 0.585. The van der Waals surface area contributed by atoms with Crippen LogP contribution in [0.15, 0.2) is 0 Å². The summed E-state index contributed by atoms with van der Waals surface area (Å²) in [5.74, 6) is -0.0263. The van der Waals surface area contributed by atoms with Gasteiger partial charge in [0.2, 0.25) is 5.91 Å². The fourth-order valence-electron chi connectivity index (χ4n) is 1.27. The number of Topliss-reactive ketones (excluding diaryl/α,β-unsaturated/α-hetero) is 1. The zero-order valence-electron chi connectivity index (χ0n) is 9.93. The van der Waals surface area contributed by atoms with Crippen molar-refractivity contribution in [3.05, 3.63) is 0 Å². The molecule has 0 rings (SSSR count). The molecule has 0 aromatic heterocycles. The minimum atomic E-state index is -0.0188. The van der Waals surface area contributed by atoms with Gasteiger partial charge in [-0.15, -0.1) is 0 Å². The zero-order valence-corrected chi connectivity index (χ0v) is 9.93. The average molecular weight is 214 g/mol. The number of carbonyl (C=O) groups is 2. The van der Waals surface area contributed by atoms with Crippen LogP contribution in [0.3, 0.4) is 0 Å². The van der Waals surface area contributed by atoms with E-state index in [2.05, 4.69) is 10.6 Å². The fourth-order valence-corrected chi connectivity index (χ4v) is 1.27. The third-order valence-corrected chi connectivity index (χ3v) is 2.27. The Morgan fingerprint density at radius 2 is 1.93 bits per heavy atom. The van der Waals surface area contributed by atoms with E-state index in [9.17, 15) is 9.59 Å². The van der Waals surface area contributed by atoms with E-state index in [0.717, 1.165) is 25.8 Å². The summed E-state index contributed by atoms with van der Waals surface area (Å²) < 4.78 is 0. The standard InChI is InChI=1S/C11H22N2O2/c1-9(6-4-5-7-12-3)11(15)13-8-10(2)14/h9,12H,4-8H2,1-3H3,(H,13,15). The second-order valence-corrected chi connectivity index (χ2v) is 3.92. The first-order valence-corrected chi connectivity index (χ1v) is 5.49. The monoisotopic (exact) mass is 214 g/mol. The molecule has 0 saturated carbocycles. The van der Waals surface area contributed by atoms with Crippen molar-refractivity contribution in [2.75, 3.05) is 20.1 Å². The lowest BCUT2D eigenvalue weighted by molar-refractivity contribution is -0.127. The summed E-state index contributed by atoms with van der Waals surface area (Å²) in [6.07, 6.45) is 3.00. The molecule has 4 nitrogen and oxygen atoms in total. The fraction of sp³-hybridized carbons (Fsp3) is 0.818. The van der Waals surface area contributed by atoms with Gasteiger partial charge in [-0.2, -0.15) is 0 Å². The number of amides is 1. The van der Waals surface area contributed by atoms with Crippen molar-refractivity contribution in [2.45, 2.75) is 33.1 Å². The Bertz CT molecular complexity index is 205. The topological polar surface area (TPSA) is 58.2 Å². The Morgan fingerprint density at radius 1 is 1.27 bits per heavy atom. The molecule has 1 atom stereocenters. The van der Waals surface area contributed by atoms with Gasteiger partial charge in [-0.1, -0.05) is 13.3 Å². The van der Waals surface area contributed by atoms with Crippen molar-refractivity contribution >= 4 is 11.7 Å². The maximum absolute atomic E-state index is 11.4. The second kappa shape index (κ2) is 8.41. The smallest absolute Gasteiger partial charge is 0.223 e. The van der Waals surface area contributed by atoms with Gasteiger partial charge < -0.3 is 10.6 Å². The molecular formula is C11H22N2O2. The van der Waals surface area contributed by atoms with Crippen molar-refractivity contribution in [1.29, 1.82) is 0 Å². The molecule has 0 radical (unpaired) electrons. The molecule has 0 saturated heterocycles. The lowest BCUT2D eigenvalue weighted by atomic mass is 10.0. The summed E-state index contributed by atoms with van der Waals surface area (Å²) in [5.41, 5.74) is 0. The van der Waals surface area contributed by atoms with Crippen molar-refractivity contribution in [1.82, 2.24) is 10.6 Å². The molecule has 0 aromatic carbocycles. The van der Waals surface area contributed by atoms with Crippen LogP contribution in [0.2, 0.25) is 0 Å². The summed E-state index contributed by atoms with van der Waals surface area (Å²) in [7, 11) is 1.92. The Hall–Kier alpha value is -0.900. The summed E-state index contributed by atoms with van der Waals surface area (Å²) >= 11 is 0. The number of rotatable bonds is 8. The van der Waals surface area contributed by atoms with E-state index < -0.39 is 0 Å². The van der Waals surface area contributed by atoms with E-state index in [1.165, 1.54) is 6.92 Å². The number of hydrogen-bond acceptors (Lipinski definition) is 3. The van der Waals surface area contributed by atoms with Gasteiger partial charge in [0.05, 0.1) is 6.54 Å². The van der Waals surface area contributed by atoms with Gasteiger partial charge in [0.25, 0.3) is 0 Å². The molecule has 2 N–H and O–H groups in total. The van der Waals surface area contributed by atoms with Crippen LogP contribution in [-0.4, -0.2) is 31.8 Å². The summed E-state index contributed by atoms with van der Waals surface area (Å²) in [6, 6.07) is 0. The van der Waals surface area contributed by atoms with Crippen LogP contribution in [0, 0.1) is 5.92 Å². The number of carbonyl (C=O) groups excluding carboxylic acids is 2. The highest BCUT2D eigenvalue weighted by Gasteiger charge is 2.11. The van der Waals surface area contributed by atoms with Crippen molar-refractivity contribution in [2.24, 2.45) is 5.92 Å². The van der Waals surface area contributed by atoms with Crippen LogP contribution in [0.5, 0.6) is 0 Å². The Morgan fingerprint density at radius 3 is 2.47 bits per heavy atom. The van der Waals surface area contributed by atoms with Gasteiger partial charge in [-0.25, -0.2) is 0 Å². The zero-order chi connectivity index (χ0) is 11.7. The van der Waals surface area contributed by atoms with E-state index in [-0.39, 0.29) is 24.2 Å². The molecule has 0 spiro atoms. The molecule has 4 heteroatoms. The highest BCUT2D eigenvalue weighted by atomic mass is 16.2. The first kappa shape index (κ1) is 14.1. The second-order valence-electron chi connectivity index (χ2n) is 3.92. The van der Waals surface area contributed by atoms with E-state index >= 15 is 0 Å². The predicted octanol–water partition coefficient (Wildman–Crippen LogP) is 0.717. The third-order valence-electron chi connectivity index (χ3n) is 2.27. The summed E-state index contributed by atoms with van der Waals surface area (Å²) in [5, 5.41) is 5.68. The minimum absolute atomic E-state index is 0.00112. The van der Waals surface area contributed by atoms with Gasteiger partial charge >= 0.3 is 0 Å². The lowest BCUT2D eigenvalue weighted by Crippen LogP contribution is -2.32. The molecule has 0 heterocycles. The average Bonchev–Trinajstić information content (AvgIpc) is 2.20. The van der Waals surface area contributed by atoms with Crippen LogP contribution in [0.1, 0.15) is 33.1 Å². The largest absolute Gasteiger partial charge is 0.349 e. The van der Waals surface area contributed by atoms with Gasteiger partial charge in [-0.05, 0) is 33.4 Å². The first-order chi connectivity index (χ1) is 7.07. The van der Waals surface area contributed by atoms with Crippen LogP contribution in [0.4, 0.5) is 0 Å². The van der Waals surface area contributed by atoms with E-state index in [0.29, 0.717) is 0 Å². The van der Waals surface area contributed by atoms with Crippen LogP contribution >= 0.6 is 0 Å². The van der Waals surface area contributed by atoms with Crippen LogP contribution in [0.25, 0.3) is 0 Å². The Kier molecular flexibility index (Phi) is 7.91. The van der Waals surface area contributed by atoms with Crippen molar-refractivity contribution in [3.8, 4) is 0 Å². The molecule has 15 heavy (non-hydrogen) atoms. The van der Waals surface area contributed by atoms with Gasteiger partial charge in [0.1, 0.15) is 5.78 Å². The van der Waals surface area contributed by atoms with Gasteiger partial charge in [0.15, 0.2) is 0 Å². The molecule has 0 bridgehead atoms. The lowest BCUT2D eigenvalue weighted by Gasteiger charge is -2.10. The summed E-state index contributed by atoms with van der Waals surface area (Å²) in [6.45, 7) is 4.51. The van der Waals surface area contributed by atoms with E-state index in [1.54, 1.807) is 0 Å². The number of nitrogens with one attached hydrogen (secondary N) is 2. The molecule has 0 aliphatic heterocycles. The maximum atomic E-state index is 11.4. The molecule has 0 aliphatic carbocycles. The van der Waals surface area contributed by atoms with Crippen molar-refractivity contribution in [3.63, 3.8) is 0 Å². The Balaban J connectivity index is 3.55. The highest BCUT2D eigenvalue weighted by Crippen LogP contribution is 2.07. The summed E-state index contributed by atoms with van der Waals surface area (Å²) in [4.78, 5) is 22.1. The first-order valence-electron chi connectivity index (χ1n) is 5.49. The Labute approximate surface area is 91.8 Å². The SMILES string of the molecule is CNCCCCC(C)C(=O)NCC(C)=O. The number of ketones is 1. The maximum Gasteiger partial charge on any atom is 0.223 e. The number of unbranched alkanes of at least 4 members (excludes halogenated alkanes) is 1. The molecule has 1 amide bonds. The van der Waals surface area contributed by atoms with Crippen LogP contribution < -0.4 is 10.6 Å². The predicted molar refractivity (Wildman–Crippen MR) is 60.6 cm³/mol.